The van der Waals surface area contributed by atoms with Gasteiger partial charge in [-0.3, -0.25) is 14.5 Å². The van der Waals surface area contributed by atoms with Gasteiger partial charge in [-0.25, -0.2) is 0 Å². The van der Waals surface area contributed by atoms with Crippen LogP contribution in [-0.2, 0) is 9.59 Å². The molecule has 7 heteroatoms. The normalized spacial score (nSPS) is 20.2. The van der Waals surface area contributed by atoms with Crippen LogP contribution in [0.3, 0.4) is 0 Å². The Morgan fingerprint density at radius 2 is 1.54 bits per heavy atom. The number of fused-ring (bicyclic) bond motifs is 1. The molecule has 2 fully saturated rings. The molecule has 1 aromatic heterocycles. The van der Waals surface area contributed by atoms with Crippen molar-refractivity contribution < 1.29 is 19.1 Å². The Kier molecular flexibility index (Phi) is 5.77. The van der Waals surface area contributed by atoms with Crippen molar-refractivity contribution in [3.05, 3.63) is 102 Å². The zero-order valence-electron chi connectivity index (χ0n) is 20.5. The van der Waals surface area contributed by atoms with Crippen LogP contribution in [0.1, 0.15) is 17.4 Å². The summed E-state index contributed by atoms with van der Waals surface area (Å²) in [4.78, 5) is 32.9. The van der Waals surface area contributed by atoms with Crippen molar-refractivity contribution in [3.8, 4) is 0 Å². The van der Waals surface area contributed by atoms with Gasteiger partial charge in [0.05, 0.1) is 11.8 Å². The van der Waals surface area contributed by atoms with Crippen LogP contribution in [0.4, 0.5) is 11.4 Å². The minimum atomic E-state index is -0.886. The summed E-state index contributed by atoms with van der Waals surface area (Å²) in [6.07, 6.45) is 1.50. The van der Waals surface area contributed by atoms with E-state index >= 15 is 0 Å². The minimum absolute atomic E-state index is 0.0134. The highest BCUT2D eigenvalue weighted by atomic mass is 16.3. The van der Waals surface area contributed by atoms with Gasteiger partial charge in [0.2, 0.25) is 0 Å². The zero-order valence-corrected chi connectivity index (χ0v) is 20.5. The van der Waals surface area contributed by atoms with Crippen LogP contribution in [0.5, 0.6) is 0 Å². The predicted octanol–water partition coefficient (Wildman–Crippen LogP) is 4.81. The van der Waals surface area contributed by atoms with Crippen LogP contribution in [0.25, 0.3) is 16.5 Å². The van der Waals surface area contributed by atoms with Gasteiger partial charge in [0, 0.05) is 43.1 Å². The van der Waals surface area contributed by atoms with Crippen molar-refractivity contribution in [1.29, 1.82) is 0 Å². The first-order valence-corrected chi connectivity index (χ1v) is 12.4. The topological polar surface area (TPSA) is 77.2 Å². The molecule has 1 unspecified atom stereocenters. The number of rotatable bonds is 4. The van der Waals surface area contributed by atoms with Crippen LogP contribution in [-0.4, -0.2) is 54.9 Å². The number of carbonyl (C=O) groups is 2. The summed E-state index contributed by atoms with van der Waals surface area (Å²) in [5, 5.41) is 13.2. The van der Waals surface area contributed by atoms with E-state index in [1.54, 1.807) is 18.2 Å². The Balaban J connectivity index is 1.44. The van der Waals surface area contributed by atoms with Gasteiger partial charge in [-0.1, -0.05) is 42.5 Å². The van der Waals surface area contributed by atoms with E-state index in [1.807, 2.05) is 60.7 Å². The molecule has 186 valence electrons. The van der Waals surface area contributed by atoms with Gasteiger partial charge in [0.25, 0.3) is 11.7 Å². The highest BCUT2D eigenvalue weighted by Gasteiger charge is 2.48. The van der Waals surface area contributed by atoms with Crippen molar-refractivity contribution in [2.24, 2.45) is 0 Å². The molecule has 3 aromatic carbocycles. The monoisotopic (exact) mass is 493 g/mol. The molecular weight excluding hydrogens is 466 g/mol. The number of Topliss-reactive ketones (excluding diaryl/α,β-unsaturated/α-hetero) is 1. The van der Waals surface area contributed by atoms with Gasteiger partial charge in [-0.05, 0) is 54.2 Å². The molecule has 2 saturated heterocycles. The number of hydrogen-bond donors (Lipinski definition) is 1. The van der Waals surface area contributed by atoms with Gasteiger partial charge in [0.15, 0.2) is 0 Å². The summed E-state index contributed by atoms with van der Waals surface area (Å²) in [7, 11) is 2.12. The fraction of sp³-hybridized carbons (Fsp3) is 0.200. The van der Waals surface area contributed by atoms with E-state index in [0.29, 0.717) is 17.0 Å². The number of amides is 1. The Morgan fingerprint density at radius 3 is 2.27 bits per heavy atom. The van der Waals surface area contributed by atoms with E-state index < -0.39 is 17.7 Å². The van der Waals surface area contributed by atoms with Crippen LogP contribution in [0.15, 0.2) is 95.1 Å². The molecule has 2 aliphatic heterocycles. The van der Waals surface area contributed by atoms with Gasteiger partial charge in [-0.2, -0.15) is 0 Å². The van der Waals surface area contributed by atoms with E-state index in [4.69, 9.17) is 4.42 Å². The maximum Gasteiger partial charge on any atom is 0.300 e. The fourth-order valence-corrected chi connectivity index (χ4v) is 5.28. The van der Waals surface area contributed by atoms with Gasteiger partial charge in [0.1, 0.15) is 17.6 Å². The van der Waals surface area contributed by atoms with E-state index in [2.05, 4.69) is 16.8 Å². The Morgan fingerprint density at radius 1 is 0.838 bits per heavy atom. The Bertz CT molecular complexity index is 1490. The molecule has 1 N–H and O–H groups in total. The number of likely N-dealkylation sites (N-methyl/N-ethyl adjacent to an activating group) is 1. The summed E-state index contributed by atoms with van der Waals surface area (Å²) >= 11 is 0. The maximum atomic E-state index is 13.4. The first-order chi connectivity index (χ1) is 18.0. The Hall–Kier alpha value is -4.36. The molecule has 7 nitrogen and oxygen atoms in total. The van der Waals surface area contributed by atoms with Crippen molar-refractivity contribution in [2.45, 2.75) is 6.04 Å². The van der Waals surface area contributed by atoms with E-state index in [9.17, 15) is 14.7 Å². The summed E-state index contributed by atoms with van der Waals surface area (Å²) < 4.78 is 5.69. The molecule has 0 saturated carbocycles. The van der Waals surface area contributed by atoms with E-state index in [1.165, 1.54) is 11.2 Å². The predicted molar refractivity (Wildman–Crippen MR) is 144 cm³/mol. The first kappa shape index (κ1) is 23.1. The van der Waals surface area contributed by atoms with Gasteiger partial charge in [-0.15, -0.1) is 0 Å². The molecular formula is C30H27N3O4. The lowest BCUT2D eigenvalue weighted by Crippen LogP contribution is -2.44. The number of nitrogens with zero attached hydrogens (tertiary/aromatic N) is 3. The quantitative estimate of drug-likeness (QED) is 0.250. The highest BCUT2D eigenvalue weighted by Crippen LogP contribution is 2.43. The summed E-state index contributed by atoms with van der Waals surface area (Å²) in [5.41, 5.74) is 2.15. The lowest BCUT2D eigenvalue weighted by molar-refractivity contribution is -0.132. The van der Waals surface area contributed by atoms with Gasteiger partial charge >= 0.3 is 0 Å². The Labute approximate surface area is 214 Å². The molecule has 0 spiro atoms. The van der Waals surface area contributed by atoms with Crippen LogP contribution in [0.2, 0.25) is 0 Å². The number of ketones is 1. The molecule has 0 bridgehead atoms. The summed E-state index contributed by atoms with van der Waals surface area (Å²) in [6, 6.07) is 23.4. The van der Waals surface area contributed by atoms with E-state index in [0.717, 1.165) is 42.6 Å². The largest absolute Gasteiger partial charge is 0.507 e. The number of carbonyl (C=O) groups excluding carboxylic acids is 2. The number of anilines is 2. The average molecular weight is 494 g/mol. The number of furan rings is 1. The second-order valence-electron chi connectivity index (χ2n) is 9.52. The van der Waals surface area contributed by atoms with Crippen molar-refractivity contribution in [3.63, 3.8) is 0 Å². The van der Waals surface area contributed by atoms with Gasteiger partial charge < -0.3 is 19.3 Å². The summed E-state index contributed by atoms with van der Waals surface area (Å²) in [5.74, 6) is -1.25. The highest BCUT2D eigenvalue weighted by molar-refractivity contribution is 6.51. The molecule has 3 heterocycles. The molecule has 6 rings (SSSR count). The third-order valence-electron chi connectivity index (χ3n) is 7.30. The third kappa shape index (κ3) is 3.97. The van der Waals surface area contributed by atoms with E-state index in [-0.39, 0.29) is 11.3 Å². The molecule has 4 aromatic rings. The standard InChI is InChI=1S/C30H27N3O4/c1-31-15-17-32(18-16-31)21-11-13-22(14-12-21)33-27(25-10-5-19-37-25)26(29(35)30(33)36)28(34)24-9-4-7-20-6-2-3-8-23(20)24/h2-14,19,27,34H,15-18H2,1H3/b28-26-. The molecule has 0 radical (unpaired) electrons. The van der Waals surface area contributed by atoms with Crippen LogP contribution < -0.4 is 9.80 Å². The lowest BCUT2D eigenvalue weighted by Gasteiger charge is -2.34. The molecule has 0 aliphatic carbocycles. The summed E-state index contributed by atoms with van der Waals surface area (Å²) in [6.45, 7) is 3.83. The molecule has 1 atom stereocenters. The number of piperazine rings is 1. The van der Waals surface area contributed by atoms with Crippen molar-refractivity contribution in [2.75, 3.05) is 43.0 Å². The average Bonchev–Trinajstić information content (AvgIpc) is 3.55. The van der Waals surface area contributed by atoms with Crippen molar-refractivity contribution >= 4 is 39.6 Å². The second kappa shape index (κ2) is 9.26. The zero-order chi connectivity index (χ0) is 25.5. The third-order valence-corrected chi connectivity index (χ3v) is 7.30. The fourth-order valence-electron chi connectivity index (χ4n) is 5.28. The SMILES string of the molecule is CN1CCN(c2ccc(N3C(=O)C(=O)/C(=C(\O)c4cccc5ccccc45)C3c3ccco3)cc2)CC1. The van der Waals surface area contributed by atoms with Crippen LogP contribution in [0, 0.1) is 0 Å². The number of benzene rings is 3. The van der Waals surface area contributed by atoms with Crippen molar-refractivity contribution in [1.82, 2.24) is 4.90 Å². The second-order valence-corrected chi connectivity index (χ2v) is 9.52. The smallest absolute Gasteiger partial charge is 0.300 e. The molecule has 2 aliphatic rings. The number of hydrogen-bond acceptors (Lipinski definition) is 6. The number of aliphatic hydroxyl groups is 1. The molecule has 1 amide bonds. The lowest BCUT2D eigenvalue weighted by atomic mass is 9.96. The molecule has 37 heavy (non-hydrogen) atoms. The number of aliphatic hydroxyl groups excluding tert-OH is 1. The first-order valence-electron chi connectivity index (χ1n) is 12.4. The maximum absolute atomic E-state index is 13.4. The minimum Gasteiger partial charge on any atom is -0.507 e. The van der Waals surface area contributed by atoms with Crippen LogP contribution >= 0.6 is 0 Å².